The molecular formula is C14H16N4O3. The molecule has 110 valence electrons. The van der Waals surface area contributed by atoms with E-state index in [4.69, 9.17) is 5.11 Å². The molecule has 2 unspecified atom stereocenters. The van der Waals surface area contributed by atoms with Gasteiger partial charge >= 0.3 is 5.97 Å². The first kappa shape index (κ1) is 13.7. The maximum Gasteiger partial charge on any atom is 0.308 e. The van der Waals surface area contributed by atoms with Crippen LogP contribution in [-0.4, -0.2) is 44.1 Å². The summed E-state index contributed by atoms with van der Waals surface area (Å²) in [4.78, 5) is 25.4. The molecule has 1 N–H and O–H groups in total. The van der Waals surface area contributed by atoms with Crippen LogP contribution >= 0.6 is 0 Å². The molecule has 0 spiro atoms. The molecule has 0 bridgehead atoms. The summed E-state index contributed by atoms with van der Waals surface area (Å²) in [6.45, 7) is 3.24. The molecule has 1 aromatic heterocycles. The SMILES string of the molecule is CC1CN(Cn2nnc3ccccc3c2=O)CC1C(=O)O. The van der Waals surface area contributed by atoms with Crippen molar-refractivity contribution in [3.05, 3.63) is 34.6 Å². The van der Waals surface area contributed by atoms with Gasteiger partial charge in [0, 0.05) is 13.1 Å². The van der Waals surface area contributed by atoms with E-state index in [0.29, 0.717) is 24.0 Å². The van der Waals surface area contributed by atoms with Gasteiger partial charge in [-0.15, -0.1) is 5.10 Å². The lowest BCUT2D eigenvalue weighted by molar-refractivity contribution is -0.142. The first-order chi connectivity index (χ1) is 10.1. The molecule has 21 heavy (non-hydrogen) atoms. The normalized spacial score (nSPS) is 22.7. The Morgan fingerprint density at radius 1 is 1.38 bits per heavy atom. The lowest BCUT2D eigenvalue weighted by Gasteiger charge is -2.15. The van der Waals surface area contributed by atoms with Crippen molar-refractivity contribution in [1.29, 1.82) is 0 Å². The second-order valence-corrected chi connectivity index (χ2v) is 5.51. The fourth-order valence-electron chi connectivity index (χ4n) is 2.81. The number of carboxylic acids is 1. The predicted octanol–water partition coefficient (Wildman–Crippen LogP) is 0.401. The molecule has 1 aliphatic rings. The Morgan fingerprint density at radius 3 is 2.86 bits per heavy atom. The number of hydrogen-bond donors (Lipinski definition) is 1. The molecule has 3 rings (SSSR count). The van der Waals surface area contributed by atoms with Gasteiger partial charge in [0.2, 0.25) is 0 Å². The van der Waals surface area contributed by atoms with E-state index in [1.54, 1.807) is 24.3 Å². The maximum absolute atomic E-state index is 12.3. The van der Waals surface area contributed by atoms with Gasteiger partial charge in [-0.2, -0.15) is 4.68 Å². The van der Waals surface area contributed by atoms with Crippen molar-refractivity contribution in [2.75, 3.05) is 13.1 Å². The van der Waals surface area contributed by atoms with Crippen LogP contribution in [0.2, 0.25) is 0 Å². The third-order valence-electron chi connectivity index (χ3n) is 3.97. The molecule has 1 aliphatic heterocycles. The van der Waals surface area contributed by atoms with E-state index in [9.17, 15) is 9.59 Å². The zero-order valence-corrected chi connectivity index (χ0v) is 11.6. The van der Waals surface area contributed by atoms with Gasteiger partial charge in [-0.3, -0.25) is 14.5 Å². The van der Waals surface area contributed by atoms with Crippen LogP contribution in [0.1, 0.15) is 6.92 Å². The number of carboxylic acid groups (broad SMARTS) is 1. The highest BCUT2D eigenvalue weighted by molar-refractivity contribution is 5.76. The summed E-state index contributed by atoms with van der Waals surface area (Å²) in [5.74, 6) is -1.12. The second kappa shape index (κ2) is 5.25. The van der Waals surface area contributed by atoms with Crippen LogP contribution in [0.25, 0.3) is 10.9 Å². The van der Waals surface area contributed by atoms with E-state index < -0.39 is 11.9 Å². The number of hydrogen-bond acceptors (Lipinski definition) is 5. The molecule has 7 nitrogen and oxygen atoms in total. The molecule has 0 amide bonds. The summed E-state index contributed by atoms with van der Waals surface area (Å²) >= 11 is 0. The predicted molar refractivity (Wildman–Crippen MR) is 75.7 cm³/mol. The summed E-state index contributed by atoms with van der Waals surface area (Å²) < 4.78 is 1.29. The number of likely N-dealkylation sites (tertiary alicyclic amines) is 1. The van der Waals surface area contributed by atoms with E-state index in [1.807, 2.05) is 11.8 Å². The summed E-state index contributed by atoms with van der Waals surface area (Å²) in [6, 6.07) is 7.05. The monoisotopic (exact) mass is 288 g/mol. The number of carbonyl (C=O) groups is 1. The Kier molecular flexibility index (Phi) is 3.42. The van der Waals surface area contributed by atoms with E-state index in [1.165, 1.54) is 4.68 Å². The van der Waals surface area contributed by atoms with Crippen molar-refractivity contribution in [2.24, 2.45) is 11.8 Å². The Morgan fingerprint density at radius 2 is 2.14 bits per heavy atom. The molecule has 2 atom stereocenters. The Balaban J connectivity index is 1.85. The van der Waals surface area contributed by atoms with Crippen LogP contribution in [0.4, 0.5) is 0 Å². The van der Waals surface area contributed by atoms with Gasteiger partial charge in [0.05, 0.1) is 18.0 Å². The van der Waals surface area contributed by atoms with Crippen LogP contribution in [0.5, 0.6) is 0 Å². The van der Waals surface area contributed by atoms with E-state index in [2.05, 4.69) is 10.3 Å². The van der Waals surface area contributed by atoms with Crippen LogP contribution in [0, 0.1) is 11.8 Å². The lowest BCUT2D eigenvalue weighted by atomic mass is 9.99. The quantitative estimate of drug-likeness (QED) is 0.879. The third kappa shape index (κ3) is 2.52. The van der Waals surface area contributed by atoms with Gasteiger partial charge in [-0.05, 0) is 18.1 Å². The maximum atomic E-state index is 12.3. The number of aromatic nitrogens is 3. The fourth-order valence-corrected chi connectivity index (χ4v) is 2.81. The molecule has 0 radical (unpaired) electrons. The van der Waals surface area contributed by atoms with Crippen molar-refractivity contribution in [2.45, 2.75) is 13.6 Å². The van der Waals surface area contributed by atoms with Gasteiger partial charge in [-0.25, -0.2) is 0 Å². The molecule has 2 aromatic rings. The minimum Gasteiger partial charge on any atom is -0.481 e. The molecule has 2 heterocycles. The van der Waals surface area contributed by atoms with Gasteiger partial charge in [0.1, 0.15) is 5.52 Å². The van der Waals surface area contributed by atoms with Crippen molar-refractivity contribution >= 4 is 16.9 Å². The minimum absolute atomic E-state index is 0.0617. The van der Waals surface area contributed by atoms with Crippen molar-refractivity contribution in [1.82, 2.24) is 19.9 Å². The highest BCUT2D eigenvalue weighted by atomic mass is 16.4. The van der Waals surface area contributed by atoms with Crippen LogP contribution in [0.3, 0.4) is 0 Å². The lowest BCUT2D eigenvalue weighted by Crippen LogP contribution is -2.34. The molecule has 0 aliphatic carbocycles. The number of rotatable bonds is 3. The van der Waals surface area contributed by atoms with Gasteiger partial charge < -0.3 is 5.11 Å². The summed E-state index contributed by atoms with van der Waals surface area (Å²) in [6.07, 6.45) is 0. The fraction of sp³-hybridized carbons (Fsp3) is 0.429. The number of benzene rings is 1. The van der Waals surface area contributed by atoms with Crippen LogP contribution < -0.4 is 5.56 Å². The Hall–Kier alpha value is -2.28. The number of fused-ring (bicyclic) bond motifs is 1. The zero-order chi connectivity index (χ0) is 15.0. The van der Waals surface area contributed by atoms with E-state index >= 15 is 0 Å². The largest absolute Gasteiger partial charge is 0.481 e. The van der Waals surface area contributed by atoms with E-state index in [0.717, 1.165) is 0 Å². The Labute approximate surface area is 120 Å². The molecule has 1 fully saturated rings. The van der Waals surface area contributed by atoms with Gasteiger partial charge in [0.25, 0.3) is 5.56 Å². The molecular weight excluding hydrogens is 272 g/mol. The average Bonchev–Trinajstić information content (AvgIpc) is 2.83. The van der Waals surface area contributed by atoms with Crippen molar-refractivity contribution < 1.29 is 9.90 Å². The first-order valence-electron chi connectivity index (χ1n) is 6.84. The van der Waals surface area contributed by atoms with Gasteiger partial charge in [-0.1, -0.05) is 24.3 Å². The average molecular weight is 288 g/mol. The zero-order valence-electron chi connectivity index (χ0n) is 11.6. The topological polar surface area (TPSA) is 88.3 Å². The van der Waals surface area contributed by atoms with Gasteiger partial charge in [0.15, 0.2) is 0 Å². The standard InChI is InChI=1S/C14H16N4O3/c1-9-6-17(7-11(9)14(20)21)8-18-13(19)10-4-2-3-5-12(10)15-16-18/h2-5,9,11H,6-8H2,1H3,(H,20,21). The molecule has 7 heteroatoms. The Bertz CT molecular complexity index is 742. The highest BCUT2D eigenvalue weighted by Crippen LogP contribution is 2.23. The van der Waals surface area contributed by atoms with Crippen LogP contribution in [0.15, 0.2) is 29.1 Å². The number of aliphatic carboxylic acids is 1. The van der Waals surface area contributed by atoms with Crippen LogP contribution in [-0.2, 0) is 11.5 Å². The molecule has 1 aromatic carbocycles. The minimum atomic E-state index is -0.790. The smallest absolute Gasteiger partial charge is 0.308 e. The summed E-state index contributed by atoms with van der Waals surface area (Å²) in [5.41, 5.74) is 0.365. The van der Waals surface area contributed by atoms with Crippen molar-refractivity contribution in [3.63, 3.8) is 0 Å². The summed E-state index contributed by atoms with van der Waals surface area (Å²) in [7, 11) is 0. The third-order valence-corrected chi connectivity index (χ3v) is 3.97. The second-order valence-electron chi connectivity index (χ2n) is 5.51. The summed E-state index contributed by atoms with van der Waals surface area (Å²) in [5, 5.41) is 17.6. The van der Waals surface area contributed by atoms with E-state index in [-0.39, 0.29) is 18.1 Å². The van der Waals surface area contributed by atoms with Crippen molar-refractivity contribution in [3.8, 4) is 0 Å². The first-order valence-corrected chi connectivity index (χ1v) is 6.84. The molecule has 0 saturated carbocycles. The molecule has 1 saturated heterocycles. The number of nitrogens with zero attached hydrogens (tertiary/aromatic N) is 4. The highest BCUT2D eigenvalue weighted by Gasteiger charge is 2.34.